The number of nitrogens with zero attached hydrogens (tertiary/aromatic N) is 1. The lowest BCUT2D eigenvalue weighted by Crippen LogP contribution is -1.82. The highest BCUT2D eigenvalue weighted by Gasteiger charge is 2.07. The van der Waals surface area contributed by atoms with E-state index in [1.807, 2.05) is 30.3 Å². The third-order valence-corrected chi connectivity index (χ3v) is 4.65. The second kappa shape index (κ2) is 5.54. The van der Waals surface area contributed by atoms with Crippen LogP contribution in [0, 0.1) is 0 Å². The molecule has 0 aliphatic carbocycles. The summed E-state index contributed by atoms with van der Waals surface area (Å²) in [7, 11) is 0. The summed E-state index contributed by atoms with van der Waals surface area (Å²) >= 11 is 14.5. The van der Waals surface area contributed by atoms with Crippen molar-refractivity contribution in [1.82, 2.24) is 4.98 Å². The Bertz CT molecular complexity index is 519. The van der Waals surface area contributed by atoms with Crippen molar-refractivity contribution >= 4 is 55.2 Å². The summed E-state index contributed by atoms with van der Waals surface area (Å²) in [5, 5.41) is 1.64. The van der Waals surface area contributed by atoms with E-state index in [-0.39, 0.29) is 0 Å². The van der Waals surface area contributed by atoms with E-state index in [9.17, 15) is 0 Å². The lowest BCUT2D eigenvalue weighted by atomic mass is 10.4. The lowest BCUT2D eigenvalue weighted by molar-refractivity contribution is 1.10. The Kier molecular flexibility index (Phi) is 4.30. The molecule has 0 saturated carbocycles. The van der Waals surface area contributed by atoms with Gasteiger partial charge in [0.25, 0.3) is 0 Å². The first-order valence-corrected chi connectivity index (χ1v) is 7.18. The molecule has 0 fully saturated rings. The minimum atomic E-state index is 0.740. The Morgan fingerprint density at radius 1 is 1.19 bits per heavy atom. The van der Waals surface area contributed by atoms with Crippen LogP contribution in [0.1, 0.15) is 0 Å². The Balaban J connectivity index is 2.31. The van der Waals surface area contributed by atoms with E-state index < -0.39 is 0 Å². The molecule has 0 N–H and O–H groups in total. The minimum Gasteiger partial charge on any atom is -0.247 e. The normalized spacial score (nSPS) is 10.4. The number of rotatable bonds is 2. The molecule has 1 heterocycles. The van der Waals surface area contributed by atoms with Gasteiger partial charge in [-0.2, -0.15) is 0 Å². The highest BCUT2D eigenvalue weighted by Crippen LogP contribution is 2.36. The van der Waals surface area contributed by atoms with Gasteiger partial charge in [0.05, 0.1) is 9.50 Å². The van der Waals surface area contributed by atoms with Gasteiger partial charge < -0.3 is 0 Å². The van der Waals surface area contributed by atoms with Gasteiger partial charge in [-0.05, 0) is 50.1 Å². The van der Waals surface area contributed by atoms with E-state index in [1.165, 1.54) is 11.8 Å². The molecule has 0 bridgehead atoms. The maximum absolute atomic E-state index is 6.08. The van der Waals surface area contributed by atoms with Gasteiger partial charge in [-0.25, -0.2) is 4.98 Å². The first-order valence-electron chi connectivity index (χ1n) is 4.40. The van der Waals surface area contributed by atoms with Crippen LogP contribution in [0.2, 0.25) is 5.02 Å². The highest BCUT2D eigenvalue weighted by atomic mass is 79.9. The molecule has 1 aromatic carbocycles. The van der Waals surface area contributed by atoms with Gasteiger partial charge in [-0.15, -0.1) is 0 Å². The second-order valence-corrected chi connectivity index (χ2v) is 6.18. The maximum atomic E-state index is 6.08. The zero-order chi connectivity index (χ0) is 11.5. The third-order valence-electron chi connectivity index (χ3n) is 1.82. The minimum absolute atomic E-state index is 0.740. The molecule has 0 saturated heterocycles. The molecule has 0 aliphatic rings. The van der Waals surface area contributed by atoms with Crippen molar-refractivity contribution in [3.63, 3.8) is 0 Å². The van der Waals surface area contributed by atoms with Crippen molar-refractivity contribution in [3.05, 3.63) is 50.5 Å². The Morgan fingerprint density at radius 2 is 1.94 bits per heavy atom. The summed E-state index contributed by atoms with van der Waals surface area (Å²) in [5.74, 6) is 0. The summed E-state index contributed by atoms with van der Waals surface area (Å²) < 4.78 is 1.90. The molecule has 82 valence electrons. The van der Waals surface area contributed by atoms with Gasteiger partial charge in [0.1, 0.15) is 5.03 Å². The highest BCUT2D eigenvalue weighted by molar-refractivity contribution is 9.11. The number of pyridine rings is 1. The van der Waals surface area contributed by atoms with Crippen molar-refractivity contribution in [2.24, 2.45) is 0 Å². The van der Waals surface area contributed by atoms with Gasteiger partial charge >= 0.3 is 0 Å². The van der Waals surface area contributed by atoms with Crippen LogP contribution in [0.25, 0.3) is 0 Å². The molecule has 16 heavy (non-hydrogen) atoms. The Labute approximate surface area is 120 Å². The smallest absolute Gasteiger partial charge is 0.115 e. The summed E-state index contributed by atoms with van der Waals surface area (Å²) in [6.45, 7) is 0. The lowest BCUT2D eigenvalue weighted by Gasteiger charge is -2.05. The summed E-state index contributed by atoms with van der Waals surface area (Å²) in [6.07, 6.45) is 1.77. The number of benzene rings is 1. The van der Waals surface area contributed by atoms with E-state index in [4.69, 9.17) is 11.6 Å². The molecule has 2 rings (SSSR count). The molecule has 0 spiro atoms. The standard InChI is InChI=1S/C11H6Br2ClNS/c12-7-5-8(13)11(15-6-7)16-10-4-2-1-3-9(10)14/h1-6H. The molecule has 0 atom stereocenters. The van der Waals surface area contributed by atoms with E-state index in [0.717, 1.165) is 23.9 Å². The van der Waals surface area contributed by atoms with Gasteiger partial charge in [0.15, 0.2) is 0 Å². The van der Waals surface area contributed by atoms with Crippen molar-refractivity contribution in [1.29, 1.82) is 0 Å². The zero-order valence-corrected chi connectivity index (χ0v) is 12.7. The molecular weight excluding hydrogens is 373 g/mol. The van der Waals surface area contributed by atoms with E-state index >= 15 is 0 Å². The molecular formula is C11H6Br2ClNS. The molecule has 0 unspecified atom stereocenters. The predicted molar refractivity (Wildman–Crippen MR) is 75.2 cm³/mol. The van der Waals surface area contributed by atoms with Crippen LogP contribution in [-0.4, -0.2) is 4.98 Å². The molecule has 1 nitrogen and oxygen atoms in total. The number of halogens is 3. The fraction of sp³-hybridized carbons (Fsp3) is 0. The molecule has 5 heteroatoms. The number of hydrogen-bond acceptors (Lipinski definition) is 2. The predicted octanol–water partition coefficient (Wildman–Crippen LogP) is 5.41. The van der Waals surface area contributed by atoms with Crippen LogP contribution in [0.15, 0.2) is 55.4 Å². The van der Waals surface area contributed by atoms with E-state index in [2.05, 4.69) is 36.8 Å². The van der Waals surface area contributed by atoms with Crippen molar-refractivity contribution in [2.45, 2.75) is 9.92 Å². The van der Waals surface area contributed by atoms with Gasteiger partial charge in [-0.1, -0.05) is 35.5 Å². The summed E-state index contributed by atoms with van der Waals surface area (Å²) in [6, 6.07) is 9.68. The first kappa shape index (κ1) is 12.4. The zero-order valence-electron chi connectivity index (χ0n) is 7.95. The molecule has 1 aromatic heterocycles. The summed E-state index contributed by atoms with van der Waals surface area (Å²) in [4.78, 5) is 5.32. The number of aromatic nitrogens is 1. The summed E-state index contributed by atoms with van der Waals surface area (Å²) in [5.41, 5.74) is 0. The first-order chi connectivity index (χ1) is 7.66. The topological polar surface area (TPSA) is 12.9 Å². The quantitative estimate of drug-likeness (QED) is 0.692. The van der Waals surface area contributed by atoms with Crippen LogP contribution >= 0.6 is 55.2 Å². The van der Waals surface area contributed by atoms with Crippen LogP contribution < -0.4 is 0 Å². The van der Waals surface area contributed by atoms with Gasteiger partial charge in [-0.3, -0.25) is 0 Å². The van der Waals surface area contributed by atoms with Gasteiger partial charge in [0.2, 0.25) is 0 Å². The Hall–Kier alpha value is -0.0300. The molecule has 0 radical (unpaired) electrons. The van der Waals surface area contributed by atoms with E-state index in [1.54, 1.807) is 6.20 Å². The van der Waals surface area contributed by atoms with Crippen LogP contribution in [0.3, 0.4) is 0 Å². The number of hydrogen-bond donors (Lipinski definition) is 0. The third kappa shape index (κ3) is 3.00. The van der Waals surface area contributed by atoms with Crippen molar-refractivity contribution in [2.75, 3.05) is 0 Å². The Morgan fingerprint density at radius 3 is 2.62 bits per heavy atom. The molecule has 2 aromatic rings. The van der Waals surface area contributed by atoms with Crippen molar-refractivity contribution < 1.29 is 0 Å². The molecule has 0 aliphatic heterocycles. The fourth-order valence-electron chi connectivity index (χ4n) is 1.11. The van der Waals surface area contributed by atoms with Gasteiger partial charge in [0, 0.05) is 15.6 Å². The second-order valence-electron chi connectivity index (χ2n) is 2.97. The van der Waals surface area contributed by atoms with Crippen molar-refractivity contribution in [3.8, 4) is 0 Å². The van der Waals surface area contributed by atoms with Crippen LogP contribution in [0.5, 0.6) is 0 Å². The SMILES string of the molecule is Clc1ccccc1Sc1ncc(Br)cc1Br. The largest absolute Gasteiger partial charge is 0.247 e. The van der Waals surface area contributed by atoms with E-state index in [0.29, 0.717) is 0 Å². The average molecular weight is 380 g/mol. The average Bonchev–Trinajstić information content (AvgIpc) is 2.25. The van der Waals surface area contributed by atoms with Crippen LogP contribution in [-0.2, 0) is 0 Å². The maximum Gasteiger partial charge on any atom is 0.115 e. The van der Waals surface area contributed by atoms with Crippen LogP contribution in [0.4, 0.5) is 0 Å². The fourth-order valence-corrected chi connectivity index (χ4v) is 3.37. The molecule has 0 amide bonds. The monoisotopic (exact) mass is 377 g/mol.